The molecule has 100 valence electrons. The lowest BCUT2D eigenvalue weighted by atomic mass is 10.0. The van der Waals surface area contributed by atoms with Crippen molar-refractivity contribution in [2.24, 2.45) is 4.99 Å². The first-order chi connectivity index (χ1) is 9.88. The van der Waals surface area contributed by atoms with Gasteiger partial charge in [0.25, 0.3) is 0 Å². The monoisotopic (exact) mass is 282 g/mol. The molecule has 0 aliphatic rings. The van der Waals surface area contributed by atoms with Crippen LogP contribution in [-0.2, 0) is 0 Å². The van der Waals surface area contributed by atoms with Gasteiger partial charge in [-0.05, 0) is 23.8 Å². The third-order valence-corrected chi connectivity index (χ3v) is 3.63. The van der Waals surface area contributed by atoms with E-state index in [1.54, 1.807) is 6.20 Å². The van der Waals surface area contributed by atoms with Crippen LogP contribution in [-0.4, -0.2) is 17.8 Å². The summed E-state index contributed by atoms with van der Waals surface area (Å²) in [6, 6.07) is 12.3. The quantitative estimate of drug-likeness (QED) is 0.663. The van der Waals surface area contributed by atoms with Crippen molar-refractivity contribution >= 4 is 33.5 Å². The topological polar surface area (TPSA) is 34.5 Å². The zero-order valence-corrected chi connectivity index (χ0v) is 11.9. The van der Waals surface area contributed by atoms with Crippen molar-refractivity contribution in [3.63, 3.8) is 0 Å². The lowest BCUT2D eigenvalue weighted by Crippen LogP contribution is -1.97. The molecule has 0 unspecified atom stereocenters. The number of thiazole rings is 1. The fraction of sp³-hybridized carbons (Fsp3) is 0.125. The highest BCUT2D eigenvalue weighted by atomic mass is 32.1. The van der Waals surface area contributed by atoms with Gasteiger partial charge in [0.05, 0.1) is 6.61 Å². The summed E-state index contributed by atoms with van der Waals surface area (Å²) >= 11 is 1.52. The van der Waals surface area contributed by atoms with Crippen LogP contribution < -0.4 is 4.74 Å². The van der Waals surface area contributed by atoms with E-state index in [-0.39, 0.29) is 0 Å². The first kappa shape index (κ1) is 12.8. The minimum Gasteiger partial charge on any atom is -0.493 e. The third-order valence-electron chi connectivity index (χ3n) is 2.95. The Morgan fingerprint density at radius 3 is 2.95 bits per heavy atom. The fourth-order valence-corrected chi connectivity index (χ4v) is 2.57. The smallest absolute Gasteiger partial charge is 0.209 e. The second-order valence-corrected chi connectivity index (χ2v) is 5.08. The number of rotatable bonds is 4. The largest absolute Gasteiger partial charge is 0.493 e. The van der Waals surface area contributed by atoms with Gasteiger partial charge in [0, 0.05) is 23.4 Å². The van der Waals surface area contributed by atoms with Crippen molar-refractivity contribution in [3.8, 4) is 5.75 Å². The van der Waals surface area contributed by atoms with Crippen LogP contribution in [0.25, 0.3) is 10.8 Å². The van der Waals surface area contributed by atoms with Gasteiger partial charge in [-0.15, -0.1) is 11.3 Å². The maximum Gasteiger partial charge on any atom is 0.209 e. The van der Waals surface area contributed by atoms with E-state index in [9.17, 15) is 0 Å². The standard InChI is InChI=1S/C16H14N2OS/c1-2-19-15-8-7-12-5-3-4-6-13(12)14(15)11-18-16-17-9-10-20-16/h3-11H,2H2,1H3/b18-11+. The highest BCUT2D eigenvalue weighted by Gasteiger charge is 2.06. The summed E-state index contributed by atoms with van der Waals surface area (Å²) in [4.78, 5) is 8.60. The first-order valence-corrected chi connectivity index (χ1v) is 7.34. The number of nitrogens with zero attached hydrogens (tertiary/aromatic N) is 2. The van der Waals surface area contributed by atoms with Gasteiger partial charge in [-0.3, -0.25) is 0 Å². The van der Waals surface area contributed by atoms with E-state index in [2.05, 4.69) is 28.2 Å². The van der Waals surface area contributed by atoms with E-state index in [0.29, 0.717) is 6.61 Å². The SMILES string of the molecule is CCOc1ccc2ccccc2c1/C=N/c1nccs1. The third kappa shape index (κ3) is 2.56. The molecule has 3 aromatic rings. The van der Waals surface area contributed by atoms with Crippen LogP contribution in [0.4, 0.5) is 5.13 Å². The van der Waals surface area contributed by atoms with Gasteiger partial charge in [-0.1, -0.05) is 30.3 Å². The van der Waals surface area contributed by atoms with Crippen molar-refractivity contribution in [1.29, 1.82) is 0 Å². The number of hydrogen-bond acceptors (Lipinski definition) is 4. The molecule has 0 bridgehead atoms. The fourth-order valence-electron chi connectivity index (χ4n) is 2.09. The average Bonchev–Trinajstić information content (AvgIpc) is 2.99. The molecule has 0 fully saturated rings. The van der Waals surface area contributed by atoms with Crippen molar-refractivity contribution in [2.45, 2.75) is 6.92 Å². The Kier molecular flexibility index (Phi) is 3.74. The Labute approximate surface area is 121 Å². The molecule has 0 radical (unpaired) electrons. The Morgan fingerprint density at radius 2 is 2.15 bits per heavy atom. The van der Waals surface area contributed by atoms with Gasteiger partial charge in [0.2, 0.25) is 5.13 Å². The molecule has 20 heavy (non-hydrogen) atoms. The number of ether oxygens (including phenoxy) is 1. The maximum absolute atomic E-state index is 5.71. The minimum atomic E-state index is 0.635. The van der Waals surface area contributed by atoms with Gasteiger partial charge in [-0.2, -0.15) is 0 Å². The average molecular weight is 282 g/mol. The van der Waals surface area contributed by atoms with Crippen molar-refractivity contribution in [3.05, 3.63) is 53.5 Å². The van der Waals surface area contributed by atoms with Crippen LogP contribution >= 0.6 is 11.3 Å². The molecule has 0 saturated heterocycles. The van der Waals surface area contributed by atoms with Crippen LogP contribution in [0.5, 0.6) is 5.75 Å². The summed E-state index contributed by atoms with van der Waals surface area (Å²) in [5, 5.41) is 4.98. The highest BCUT2D eigenvalue weighted by molar-refractivity contribution is 7.13. The summed E-state index contributed by atoms with van der Waals surface area (Å²) in [6.07, 6.45) is 3.59. The minimum absolute atomic E-state index is 0.635. The van der Waals surface area contributed by atoms with Crippen LogP contribution in [0, 0.1) is 0 Å². The number of fused-ring (bicyclic) bond motifs is 1. The second-order valence-electron chi connectivity index (χ2n) is 4.20. The molecule has 0 N–H and O–H groups in total. The summed E-state index contributed by atoms with van der Waals surface area (Å²) in [5.41, 5.74) is 1.00. The first-order valence-electron chi connectivity index (χ1n) is 6.46. The molecule has 0 aliphatic carbocycles. The molecule has 0 saturated carbocycles. The summed E-state index contributed by atoms with van der Waals surface area (Å²) < 4.78 is 5.71. The highest BCUT2D eigenvalue weighted by Crippen LogP contribution is 2.27. The predicted molar refractivity (Wildman–Crippen MR) is 84.5 cm³/mol. The molecule has 0 atom stereocenters. The van der Waals surface area contributed by atoms with Crippen molar-refractivity contribution in [1.82, 2.24) is 4.98 Å². The summed E-state index contributed by atoms with van der Waals surface area (Å²) in [5.74, 6) is 0.853. The molecule has 3 rings (SSSR count). The Hall–Kier alpha value is -2.20. The maximum atomic E-state index is 5.71. The zero-order valence-electron chi connectivity index (χ0n) is 11.1. The molecule has 1 aromatic heterocycles. The van der Waals surface area contributed by atoms with Crippen LogP contribution in [0.15, 0.2) is 53.0 Å². The van der Waals surface area contributed by atoms with Gasteiger partial charge in [-0.25, -0.2) is 9.98 Å². The molecule has 0 spiro atoms. The molecule has 0 aliphatic heterocycles. The summed E-state index contributed by atoms with van der Waals surface area (Å²) in [6.45, 7) is 2.62. The van der Waals surface area contributed by atoms with Gasteiger partial charge in [0.15, 0.2) is 0 Å². The number of aliphatic imine (C=N–C) groups is 1. The molecule has 2 aromatic carbocycles. The summed E-state index contributed by atoms with van der Waals surface area (Å²) in [7, 11) is 0. The van der Waals surface area contributed by atoms with Crippen molar-refractivity contribution in [2.75, 3.05) is 6.61 Å². The molecular weight excluding hydrogens is 268 g/mol. The predicted octanol–water partition coefficient (Wildman–Crippen LogP) is 4.45. The molecule has 0 amide bonds. The normalized spacial score (nSPS) is 11.2. The van der Waals surface area contributed by atoms with Crippen LogP contribution in [0.3, 0.4) is 0 Å². The Balaban J connectivity index is 2.12. The van der Waals surface area contributed by atoms with E-state index >= 15 is 0 Å². The van der Waals surface area contributed by atoms with Crippen molar-refractivity contribution < 1.29 is 4.74 Å². The molecule has 1 heterocycles. The van der Waals surface area contributed by atoms with Gasteiger partial charge in [0.1, 0.15) is 5.75 Å². The van der Waals surface area contributed by atoms with E-state index in [0.717, 1.165) is 21.8 Å². The number of hydrogen-bond donors (Lipinski definition) is 0. The number of benzene rings is 2. The zero-order chi connectivity index (χ0) is 13.8. The van der Waals surface area contributed by atoms with Crippen LogP contribution in [0.2, 0.25) is 0 Å². The lowest BCUT2D eigenvalue weighted by Gasteiger charge is -2.09. The van der Waals surface area contributed by atoms with Gasteiger partial charge < -0.3 is 4.74 Å². The lowest BCUT2D eigenvalue weighted by molar-refractivity contribution is 0.340. The molecule has 3 nitrogen and oxygen atoms in total. The number of aromatic nitrogens is 1. The second kappa shape index (κ2) is 5.84. The Morgan fingerprint density at radius 1 is 1.25 bits per heavy atom. The van der Waals surface area contributed by atoms with E-state index in [1.165, 1.54) is 16.7 Å². The van der Waals surface area contributed by atoms with Gasteiger partial charge >= 0.3 is 0 Å². The Bertz CT molecular complexity index is 735. The molecular formula is C16H14N2OS. The molecule has 4 heteroatoms. The van der Waals surface area contributed by atoms with E-state index in [1.807, 2.05) is 36.7 Å². The van der Waals surface area contributed by atoms with E-state index < -0.39 is 0 Å². The van der Waals surface area contributed by atoms with E-state index in [4.69, 9.17) is 4.74 Å². The van der Waals surface area contributed by atoms with Crippen LogP contribution in [0.1, 0.15) is 12.5 Å².